The summed E-state index contributed by atoms with van der Waals surface area (Å²) in [5.74, 6) is -0.446. The van der Waals surface area contributed by atoms with Gasteiger partial charge in [-0.3, -0.25) is 0 Å². The van der Waals surface area contributed by atoms with Crippen LogP contribution < -0.4 is 10.6 Å². The van der Waals surface area contributed by atoms with E-state index in [1.165, 1.54) is 11.1 Å². The Balaban J connectivity index is 1.79. The SMILES string of the molecule is CC(C)C[C@@H](NC(=O)NCC1Cc2ccccc21)C(=O)O. The van der Waals surface area contributed by atoms with Gasteiger partial charge in [0.1, 0.15) is 6.04 Å². The number of hydrogen-bond donors (Lipinski definition) is 3. The van der Waals surface area contributed by atoms with Crippen LogP contribution in [-0.2, 0) is 11.2 Å². The molecule has 0 spiro atoms. The lowest BCUT2D eigenvalue weighted by Gasteiger charge is -2.30. The van der Waals surface area contributed by atoms with Crippen LogP contribution in [0, 0.1) is 5.92 Å². The molecule has 0 saturated carbocycles. The van der Waals surface area contributed by atoms with E-state index in [1.54, 1.807) is 0 Å². The predicted molar refractivity (Wildman–Crippen MR) is 80.3 cm³/mol. The minimum atomic E-state index is -0.993. The molecule has 0 radical (unpaired) electrons. The molecule has 5 nitrogen and oxygen atoms in total. The highest BCUT2D eigenvalue weighted by molar-refractivity contribution is 5.82. The molecule has 2 atom stereocenters. The molecule has 3 N–H and O–H groups in total. The van der Waals surface area contributed by atoms with Crippen molar-refractivity contribution < 1.29 is 14.7 Å². The molecule has 2 rings (SSSR count). The van der Waals surface area contributed by atoms with E-state index in [1.807, 2.05) is 26.0 Å². The number of carboxylic acid groups (broad SMARTS) is 1. The third-order valence-electron chi connectivity index (χ3n) is 3.78. The Morgan fingerprint density at radius 2 is 2.05 bits per heavy atom. The largest absolute Gasteiger partial charge is 0.480 e. The standard InChI is InChI=1S/C16H22N2O3/c1-10(2)7-14(15(19)20)18-16(21)17-9-12-8-11-5-3-4-6-13(11)12/h3-6,10,12,14H,7-9H2,1-2H3,(H,19,20)(H2,17,18,21)/t12?,14-/m1/s1. The number of carbonyl (C=O) groups is 2. The molecular formula is C16H22N2O3. The highest BCUT2D eigenvalue weighted by atomic mass is 16.4. The van der Waals surface area contributed by atoms with Gasteiger partial charge in [-0.1, -0.05) is 38.1 Å². The Bertz CT molecular complexity index is 528. The molecule has 0 aromatic heterocycles. The Hall–Kier alpha value is -2.04. The van der Waals surface area contributed by atoms with Crippen LogP contribution in [-0.4, -0.2) is 29.7 Å². The Kier molecular flexibility index (Phi) is 4.83. The van der Waals surface area contributed by atoms with Gasteiger partial charge in [0.2, 0.25) is 0 Å². The second kappa shape index (κ2) is 6.61. The monoisotopic (exact) mass is 290 g/mol. The summed E-state index contributed by atoms with van der Waals surface area (Å²) in [5.41, 5.74) is 2.60. The summed E-state index contributed by atoms with van der Waals surface area (Å²) in [6.45, 7) is 4.40. The topological polar surface area (TPSA) is 78.4 Å². The van der Waals surface area contributed by atoms with Crippen LogP contribution in [0.3, 0.4) is 0 Å². The lowest BCUT2D eigenvalue weighted by molar-refractivity contribution is -0.139. The van der Waals surface area contributed by atoms with E-state index in [0.717, 1.165) is 6.42 Å². The molecule has 0 bridgehead atoms. The van der Waals surface area contributed by atoms with Crippen LogP contribution in [0.2, 0.25) is 0 Å². The van der Waals surface area contributed by atoms with Gasteiger partial charge >= 0.3 is 12.0 Å². The summed E-state index contributed by atoms with van der Waals surface area (Å²) >= 11 is 0. The van der Waals surface area contributed by atoms with Crippen LogP contribution >= 0.6 is 0 Å². The highest BCUT2D eigenvalue weighted by Gasteiger charge is 2.26. The van der Waals surface area contributed by atoms with Crippen molar-refractivity contribution in [2.75, 3.05) is 6.54 Å². The van der Waals surface area contributed by atoms with Crippen molar-refractivity contribution in [2.45, 2.75) is 38.6 Å². The van der Waals surface area contributed by atoms with Crippen LogP contribution in [0.25, 0.3) is 0 Å². The van der Waals surface area contributed by atoms with E-state index < -0.39 is 18.0 Å². The smallest absolute Gasteiger partial charge is 0.326 e. The van der Waals surface area contributed by atoms with Gasteiger partial charge in [0, 0.05) is 12.5 Å². The van der Waals surface area contributed by atoms with Crippen LogP contribution in [0.1, 0.15) is 37.3 Å². The van der Waals surface area contributed by atoms with Crippen molar-refractivity contribution in [3.8, 4) is 0 Å². The van der Waals surface area contributed by atoms with Crippen molar-refractivity contribution in [2.24, 2.45) is 5.92 Å². The molecule has 5 heteroatoms. The number of amides is 2. The van der Waals surface area contributed by atoms with Gasteiger partial charge in [-0.2, -0.15) is 0 Å². The number of nitrogens with one attached hydrogen (secondary N) is 2. The molecule has 0 fully saturated rings. The Morgan fingerprint density at radius 3 is 2.67 bits per heavy atom. The maximum atomic E-state index is 11.8. The van der Waals surface area contributed by atoms with Crippen molar-refractivity contribution in [1.29, 1.82) is 0 Å². The van der Waals surface area contributed by atoms with Crippen molar-refractivity contribution in [1.82, 2.24) is 10.6 Å². The molecule has 1 aromatic rings. The van der Waals surface area contributed by atoms with Crippen LogP contribution in [0.15, 0.2) is 24.3 Å². The van der Waals surface area contributed by atoms with Gasteiger partial charge in [0.15, 0.2) is 0 Å². The number of aliphatic carboxylic acids is 1. The van der Waals surface area contributed by atoms with E-state index in [-0.39, 0.29) is 5.92 Å². The van der Waals surface area contributed by atoms with Crippen molar-refractivity contribution in [3.63, 3.8) is 0 Å². The summed E-state index contributed by atoms with van der Waals surface area (Å²) in [6.07, 6.45) is 1.39. The molecule has 0 heterocycles. The summed E-state index contributed by atoms with van der Waals surface area (Å²) in [4.78, 5) is 22.9. The Morgan fingerprint density at radius 1 is 1.33 bits per heavy atom. The first-order valence-electron chi connectivity index (χ1n) is 7.32. The minimum Gasteiger partial charge on any atom is -0.480 e. The normalized spacial score (nSPS) is 17.6. The average Bonchev–Trinajstić information content (AvgIpc) is 2.38. The first-order valence-corrected chi connectivity index (χ1v) is 7.32. The summed E-state index contributed by atoms with van der Waals surface area (Å²) in [6, 6.07) is 6.93. The zero-order valence-corrected chi connectivity index (χ0v) is 12.4. The molecule has 1 aliphatic rings. The molecule has 0 aliphatic heterocycles. The number of fused-ring (bicyclic) bond motifs is 1. The van der Waals surface area contributed by atoms with E-state index in [9.17, 15) is 9.59 Å². The molecule has 2 amide bonds. The zero-order chi connectivity index (χ0) is 15.4. The second-order valence-electron chi connectivity index (χ2n) is 5.97. The number of benzene rings is 1. The van der Waals surface area contributed by atoms with Gasteiger partial charge in [-0.15, -0.1) is 0 Å². The van der Waals surface area contributed by atoms with E-state index >= 15 is 0 Å². The van der Waals surface area contributed by atoms with Gasteiger partial charge in [0.25, 0.3) is 0 Å². The molecule has 1 unspecified atom stereocenters. The second-order valence-corrected chi connectivity index (χ2v) is 5.97. The van der Waals surface area contributed by atoms with Gasteiger partial charge in [0.05, 0.1) is 0 Å². The molecular weight excluding hydrogens is 268 g/mol. The third kappa shape index (κ3) is 3.97. The molecule has 1 aliphatic carbocycles. The quantitative estimate of drug-likeness (QED) is 0.751. The number of carbonyl (C=O) groups excluding carboxylic acids is 1. The van der Waals surface area contributed by atoms with Gasteiger partial charge < -0.3 is 15.7 Å². The minimum absolute atomic E-state index is 0.213. The fourth-order valence-corrected chi connectivity index (χ4v) is 2.66. The zero-order valence-electron chi connectivity index (χ0n) is 12.4. The fourth-order valence-electron chi connectivity index (χ4n) is 2.66. The fraction of sp³-hybridized carbons (Fsp3) is 0.500. The molecule has 21 heavy (non-hydrogen) atoms. The first kappa shape index (κ1) is 15.4. The summed E-state index contributed by atoms with van der Waals surface area (Å²) < 4.78 is 0. The van der Waals surface area contributed by atoms with Crippen molar-refractivity contribution in [3.05, 3.63) is 35.4 Å². The lowest BCUT2D eigenvalue weighted by Crippen LogP contribution is -2.48. The molecule has 0 saturated heterocycles. The first-order chi connectivity index (χ1) is 9.97. The van der Waals surface area contributed by atoms with E-state index in [4.69, 9.17) is 5.11 Å². The van der Waals surface area contributed by atoms with Crippen LogP contribution in [0.4, 0.5) is 4.79 Å². The molecule has 114 valence electrons. The van der Waals surface area contributed by atoms with Crippen molar-refractivity contribution >= 4 is 12.0 Å². The number of hydrogen-bond acceptors (Lipinski definition) is 2. The summed E-state index contributed by atoms with van der Waals surface area (Å²) in [7, 11) is 0. The lowest BCUT2D eigenvalue weighted by atomic mass is 9.78. The maximum Gasteiger partial charge on any atom is 0.326 e. The number of urea groups is 1. The van der Waals surface area contributed by atoms with Gasteiger partial charge in [-0.25, -0.2) is 9.59 Å². The summed E-state index contributed by atoms with van der Waals surface area (Å²) in [5, 5.41) is 14.4. The third-order valence-corrected chi connectivity index (χ3v) is 3.78. The average molecular weight is 290 g/mol. The van der Waals surface area contributed by atoms with Crippen LogP contribution in [0.5, 0.6) is 0 Å². The predicted octanol–water partition coefficient (Wildman–Crippen LogP) is 2.12. The highest BCUT2D eigenvalue weighted by Crippen LogP contribution is 2.33. The number of carboxylic acids is 1. The number of rotatable bonds is 6. The Labute approximate surface area is 124 Å². The maximum absolute atomic E-state index is 11.8. The van der Waals surface area contributed by atoms with Gasteiger partial charge in [-0.05, 0) is 29.9 Å². The van der Waals surface area contributed by atoms with E-state index in [2.05, 4.69) is 22.8 Å². The van der Waals surface area contributed by atoms with E-state index in [0.29, 0.717) is 18.9 Å². The molecule has 1 aromatic carbocycles.